The van der Waals surface area contributed by atoms with Crippen molar-refractivity contribution in [3.63, 3.8) is 0 Å². The Hall–Kier alpha value is -0.0800. The number of ether oxygens (including phenoxy) is 1. The van der Waals surface area contributed by atoms with Gasteiger partial charge in [0.15, 0.2) is 0 Å². The third-order valence-electron chi connectivity index (χ3n) is 2.82. The molecule has 0 aromatic heterocycles. The Bertz CT molecular complexity index is 143. The molecule has 0 spiro atoms. The summed E-state index contributed by atoms with van der Waals surface area (Å²) in [4.78, 5) is 0. The number of unbranched alkanes of at least 4 members (excludes halogenated alkanes) is 1. The van der Waals surface area contributed by atoms with Crippen LogP contribution in [-0.2, 0) is 4.74 Å². The van der Waals surface area contributed by atoms with Crippen molar-refractivity contribution in [1.82, 2.24) is 5.32 Å². The molecule has 1 atom stereocenters. The van der Waals surface area contributed by atoms with Gasteiger partial charge < -0.3 is 10.1 Å². The summed E-state index contributed by atoms with van der Waals surface area (Å²) in [5, 5.41) is 3.58. The molecule has 1 fully saturated rings. The van der Waals surface area contributed by atoms with Gasteiger partial charge in [-0.1, -0.05) is 0 Å². The van der Waals surface area contributed by atoms with Gasteiger partial charge in [0, 0.05) is 12.6 Å². The van der Waals surface area contributed by atoms with E-state index in [0.717, 1.165) is 25.1 Å². The smallest absolute Gasteiger partial charge is 0.0518 e. The van der Waals surface area contributed by atoms with Gasteiger partial charge in [-0.05, 0) is 58.9 Å². The number of hydrogen-bond acceptors (Lipinski definition) is 2. The standard InChI is InChI=1S/C12H25NO/c1-10(2)14-9-5-4-8-13-11(3)12-6-7-12/h10-13H,4-9H2,1-3H3. The molecular weight excluding hydrogens is 174 g/mol. The molecule has 0 aromatic rings. The van der Waals surface area contributed by atoms with Gasteiger partial charge in [-0.2, -0.15) is 0 Å². The highest BCUT2D eigenvalue weighted by Crippen LogP contribution is 2.32. The van der Waals surface area contributed by atoms with Crippen LogP contribution in [0, 0.1) is 5.92 Å². The SMILES string of the molecule is CC(C)OCCCCNC(C)C1CC1. The molecule has 1 N–H and O–H groups in total. The Balaban J connectivity index is 1.79. The van der Waals surface area contributed by atoms with Gasteiger partial charge in [-0.25, -0.2) is 0 Å². The lowest BCUT2D eigenvalue weighted by atomic mass is 10.2. The Morgan fingerprint density at radius 2 is 1.93 bits per heavy atom. The Labute approximate surface area is 88.4 Å². The zero-order valence-corrected chi connectivity index (χ0v) is 9.88. The summed E-state index contributed by atoms with van der Waals surface area (Å²) >= 11 is 0. The molecule has 0 bridgehead atoms. The quantitative estimate of drug-likeness (QED) is 0.607. The molecule has 1 aliphatic rings. The lowest BCUT2D eigenvalue weighted by molar-refractivity contribution is 0.0759. The van der Waals surface area contributed by atoms with Crippen LogP contribution >= 0.6 is 0 Å². The van der Waals surface area contributed by atoms with Crippen LogP contribution in [0.1, 0.15) is 46.5 Å². The number of nitrogens with one attached hydrogen (secondary N) is 1. The average Bonchev–Trinajstić information content (AvgIpc) is 2.92. The first-order chi connectivity index (χ1) is 6.70. The fraction of sp³-hybridized carbons (Fsp3) is 1.00. The lowest BCUT2D eigenvalue weighted by Crippen LogP contribution is -2.28. The largest absolute Gasteiger partial charge is 0.379 e. The van der Waals surface area contributed by atoms with Crippen LogP contribution < -0.4 is 5.32 Å². The molecule has 2 heteroatoms. The van der Waals surface area contributed by atoms with Gasteiger partial charge in [0.1, 0.15) is 0 Å². The molecule has 84 valence electrons. The van der Waals surface area contributed by atoms with Crippen molar-refractivity contribution >= 4 is 0 Å². The van der Waals surface area contributed by atoms with E-state index in [1.807, 2.05) is 0 Å². The number of hydrogen-bond donors (Lipinski definition) is 1. The van der Waals surface area contributed by atoms with Crippen LogP contribution in [0.2, 0.25) is 0 Å². The van der Waals surface area contributed by atoms with E-state index in [1.54, 1.807) is 0 Å². The van der Waals surface area contributed by atoms with Crippen molar-refractivity contribution < 1.29 is 4.74 Å². The van der Waals surface area contributed by atoms with E-state index >= 15 is 0 Å². The van der Waals surface area contributed by atoms with Crippen molar-refractivity contribution in [3.8, 4) is 0 Å². The predicted octanol–water partition coefficient (Wildman–Crippen LogP) is 2.58. The number of rotatable bonds is 8. The molecule has 0 aromatic carbocycles. The van der Waals surface area contributed by atoms with Crippen molar-refractivity contribution in [2.45, 2.75) is 58.6 Å². The Morgan fingerprint density at radius 1 is 1.21 bits per heavy atom. The van der Waals surface area contributed by atoms with Crippen molar-refractivity contribution in [2.75, 3.05) is 13.2 Å². The van der Waals surface area contributed by atoms with Gasteiger partial charge in [0.05, 0.1) is 6.10 Å². The van der Waals surface area contributed by atoms with E-state index in [2.05, 4.69) is 26.1 Å². The monoisotopic (exact) mass is 199 g/mol. The van der Waals surface area contributed by atoms with Crippen molar-refractivity contribution in [1.29, 1.82) is 0 Å². The average molecular weight is 199 g/mol. The van der Waals surface area contributed by atoms with E-state index in [4.69, 9.17) is 4.74 Å². The third kappa shape index (κ3) is 5.61. The maximum atomic E-state index is 5.48. The Kier molecular flexibility index (Phi) is 5.49. The maximum absolute atomic E-state index is 5.48. The topological polar surface area (TPSA) is 21.3 Å². The molecule has 1 rings (SSSR count). The highest BCUT2D eigenvalue weighted by atomic mass is 16.5. The second kappa shape index (κ2) is 6.41. The summed E-state index contributed by atoms with van der Waals surface area (Å²) in [6.45, 7) is 8.55. The zero-order valence-electron chi connectivity index (χ0n) is 9.88. The second-order valence-electron chi connectivity index (χ2n) is 4.71. The molecule has 0 amide bonds. The highest BCUT2D eigenvalue weighted by Gasteiger charge is 2.26. The van der Waals surface area contributed by atoms with Crippen LogP contribution in [0.4, 0.5) is 0 Å². The summed E-state index contributed by atoms with van der Waals surface area (Å²) in [5.74, 6) is 0.974. The summed E-state index contributed by atoms with van der Waals surface area (Å²) in [7, 11) is 0. The second-order valence-corrected chi connectivity index (χ2v) is 4.71. The van der Waals surface area contributed by atoms with E-state index in [9.17, 15) is 0 Å². The first-order valence-corrected chi connectivity index (χ1v) is 6.05. The minimum Gasteiger partial charge on any atom is -0.379 e. The van der Waals surface area contributed by atoms with Gasteiger partial charge in [0.25, 0.3) is 0 Å². The molecule has 0 saturated heterocycles. The summed E-state index contributed by atoms with van der Waals surface area (Å²) in [6.07, 6.45) is 5.68. The van der Waals surface area contributed by atoms with E-state index in [0.29, 0.717) is 6.10 Å². The molecular formula is C12H25NO. The van der Waals surface area contributed by atoms with Gasteiger partial charge in [-0.15, -0.1) is 0 Å². The first-order valence-electron chi connectivity index (χ1n) is 6.05. The summed E-state index contributed by atoms with van der Waals surface area (Å²) in [5.41, 5.74) is 0. The minimum atomic E-state index is 0.383. The third-order valence-corrected chi connectivity index (χ3v) is 2.82. The normalized spacial score (nSPS) is 18.9. The van der Waals surface area contributed by atoms with Gasteiger partial charge in [-0.3, -0.25) is 0 Å². The highest BCUT2D eigenvalue weighted by molar-refractivity contribution is 4.82. The lowest BCUT2D eigenvalue weighted by Gasteiger charge is -2.12. The molecule has 14 heavy (non-hydrogen) atoms. The van der Waals surface area contributed by atoms with Crippen LogP contribution in [0.25, 0.3) is 0 Å². The molecule has 1 unspecified atom stereocenters. The van der Waals surface area contributed by atoms with Crippen molar-refractivity contribution in [3.05, 3.63) is 0 Å². The first kappa shape index (κ1) is 12.0. The van der Waals surface area contributed by atoms with E-state index in [1.165, 1.54) is 25.7 Å². The minimum absolute atomic E-state index is 0.383. The fourth-order valence-electron chi connectivity index (χ4n) is 1.64. The Morgan fingerprint density at radius 3 is 2.50 bits per heavy atom. The molecule has 0 heterocycles. The van der Waals surface area contributed by atoms with Gasteiger partial charge in [0.2, 0.25) is 0 Å². The van der Waals surface area contributed by atoms with Crippen LogP contribution in [0.15, 0.2) is 0 Å². The summed E-state index contributed by atoms with van der Waals surface area (Å²) < 4.78 is 5.48. The predicted molar refractivity (Wildman–Crippen MR) is 60.5 cm³/mol. The van der Waals surface area contributed by atoms with Crippen LogP contribution in [0.5, 0.6) is 0 Å². The fourth-order valence-corrected chi connectivity index (χ4v) is 1.64. The van der Waals surface area contributed by atoms with E-state index < -0.39 is 0 Å². The molecule has 0 radical (unpaired) electrons. The van der Waals surface area contributed by atoms with Crippen molar-refractivity contribution in [2.24, 2.45) is 5.92 Å². The maximum Gasteiger partial charge on any atom is 0.0518 e. The zero-order chi connectivity index (χ0) is 10.4. The van der Waals surface area contributed by atoms with Crippen LogP contribution in [0.3, 0.4) is 0 Å². The molecule has 0 aliphatic heterocycles. The van der Waals surface area contributed by atoms with Gasteiger partial charge >= 0.3 is 0 Å². The summed E-state index contributed by atoms with van der Waals surface area (Å²) in [6, 6.07) is 0.737. The molecule has 1 saturated carbocycles. The molecule has 1 aliphatic carbocycles. The molecule has 2 nitrogen and oxygen atoms in total. The van der Waals surface area contributed by atoms with E-state index in [-0.39, 0.29) is 0 Å². The van der Waals surface area contributed by atoms with Crippen LogP contribution in [-0.4, -0.2) is 25.3 Å².